The molecule has 0 radical (unpaired) electrons. The fourth-order valence-electron chi connectivity index (χ4n) is 1.64. The van der Waals surface area contributed by atoms with Crippen LogP contribution in [0.15, 0.2) is 12.4 Å². The van der Waals surface area contributed by atoms with Gasteiger partial charge in [0, 0.05) is 24.3 Å². The van der Waals surface area contributed by atoms with Gasteiger partial charge in [-0.15, -0.1) is 0 Å². The van der Waals surface area contributed by atoms with E-state index in [-0.39, 0.29) is 0 Å². The Hall–Kier alpha value is -1.63. The Labute approximate surface area is 103 Å². The molecule has 0 aliphatic carbocycles. The van der Waals surface area contributed by atoms with E-state index in [0.29, 0.717) is 24.9 Å². The van der Waals surface area contributed by atoms with Crippen LogP contribution in [0.5, 0.6) is 0 Å². The zero-order valence-electron chi connectivity index (χ0n) is 11.0. The molecule has 0 saturated carbocycles. The second-order valence-electron chi connectivity index (χ2n) is 4.65. The van der Waals surface area contributed by atoms with Gasteiger partial charge in [0.25, 0.3) is 0 Å². The highest BCUT2D eigenvalue weighted by molar-refractivity contribution is 5.40. The summed E-state index contributed by atoms with van der Waals surface area (Å²) < 4.78 is 0. The number of hydrogen-bond donors (Lipinski definition) is 0. The Balaban J connectivity index is 2.94. The van der Waals surface area contributed by atoms with Gasteiger partial charge >= 0.3 is 0 Å². The van der Waals surface area contributed by atoms with Crippen molar-refractivity contribution in [1.82, 2.24) is 9.97 Å². The molecule has 0 aliphatic rings. The smallest absolute Gasteiger partial charge is 0.132 e. The van der Waals surface area contributed by atoms with E-state index >= 15 is 0 Å². The Morgan fingerprint density at radius 3 is 2.53 bits per heavy atom. The van der Waals surface area contributed by atoms with Crippen LogP contribution >= 0.6 is 0 Å². The first-order valence-electron chi connectivity index (χ1n) is 6.01. The first kappa shape index (κ1) is 13.4. The van der Waals surface area contributed by atoms with Gasteiger partial charge in [0.05, 0.1) is 12.5 Å². The SMILES string of the molecule is CC(C)c1cc(N(CCC#N)C(C)C)ncn1. The summed E-state index contributed by atoms with van der Waals surface area (Å²) in [6.45, 7) is 9.15. The summed E-state index contributed by atoms with van der Waals surface area (Å²) in [7, 11) is 0. The Kier molecular flexibility index (Phi) is 4.89. The highest BCUT2D eigenvalue weighted by Gasteiger charge is 2.13. The normalized spacial score (nSPS) is 10.6. The van der Waals surface area contributed by atoms with Crippen LogP contribution in [-0.2, 0) is 0 Å². The lowest BCUT2D eigenvalue weighted by Gasteiger charge is -2.27. The van der Waals surface area contributed by atoms with Crippen molar-refractivity contribution in [3.05, 3.63) is 18.1 Å². The highest BCUT2D eigenvalue weighted by atomic mass is 15.2. The lowest BCUT2D eigenvalue weighted by atomic mass is 10.1. The van der Waals surface area contributed by atoms with Crippen molar-refractivity contribution < 1.29 is 0 Å². The molecule has 4 nitrogen and oxygen atoms in total. The Bertz CT molecular complexity index is 393. The molecule has 1 rings (SSSR count). The van der Waals surface area contributed by atoms with Crippen molar-refractivity contribution in [1.29, 1.82) is 5.26 Å². The molecule has 4 heteroatoms. The number of hydrogen-bond acceptors (Lipinski definition) is 4. The van der Waals surface area contributed by atoms with Crippen molar-refractivity contribution in [2.24, 2.45) is 0 Å². The van der Waals surface area contributed by atoms with E-state index < -0.39 is 0 Å². The average molecular weight is 232 g/mol. The van der Waals surface area contributed by atoms with Crippen molar-refractivity contribution in [2.75, 3.05) is 11.4 Å². The van der Waals surface area contributed by atoms with E-state index in [4.69, 9.17) is 5.26 Å². The molecular weight excluding hydrogens is 212 g/mol. The molecule has 0 amide bonds. The number of anilines is 1. The maximum Gasteiger partial charge on any atom is 0.132 e. The predicted molar refractivity (Wildman–Crippen MR) is 68.8 cm³/mol. The van der Waals surface area contributed by atoms with Gasteiger partial charge in [-0.1, -0.05) is 13.8 Å². The molecule has 17 heavy (non-hydrogen) atoms. The third kappa shape index (κ3) is 3.70. The van der Waals surface area contributed by atoms with E-state index in [0.717, 1.165) is 11.5 Å². The summed E-state index contributed by atoms with van der Waals surface area (Å²) in [6.07, 6.45) is 2.12. The zero-order valence-corrected chi connectivity index (χ0v) is 11.0. The van der Waals surface area contributed by atoms with Gasteiger partial charge in [-0.3, -0.25) is 0 Å². The molecule has 1 aromatic rings. The van der Waals surface area contributed by atoms with Gasteiger partial charge in [-0.2, -0.15) is 5.26 Å². The van der Waals surface area contributed by atoms with E-state index in [1.807, 2.05) is 6.07 Å². The summed E-state index contributed by atoms with van der Waals surface area (Å²) in [4.78, 5) is 10.7. The van der Waals surface area contributed by atoms with Crippen molar-refractivity contribution >= 4 is 5.82 Å². The van der Waals surface area contributed by atoms with Crippen LogP contribution in [0.3, 0.4) is 0 Å². The molecule has 0 saturated heterocycles. The minimum absolute atomic E-state index is 0.332. The predicted octanol–water partition coefficient (Wildman–Crippen LogP) is 2.73. The third-order valence-electron chi connectivity index (χ3n) is 2.65. The number of nitrogens with zero attached hydrogens (tertiary/aromatic N) is 4. The standard InChI is InChI=1S/C13H20N4/c1-10(2)12-8-13(16-9-15-12)17(11(3)4)7-5-6-14/h8-11H,5,7H2,1-4H3. The lowest BCUT2D eigenvalue weighted by molar-refractivity contribution is 0.672. The highest BCUT2D eigenvalue weighted by Crippen LogP contribution is 2.18. The molecule has 0 aromatic carbocycles. The van der Waals surface area contributed by atoms with Crippen molar-refractivity contribution in [3.63, 3.8) is 0 Å². The van der Waals surface area contributed by atoms with Crippen LogP contribution in [0.2, 0.25) is 0 Å². The average Bonchev–Trinajstić information content (AvgIpc) is 2.29. The molecule has 0 unspecified atom stereocenters. The first-order chi connectivity index (χ1) is 8.06. The van der Waals surface area contributed by atoms with Gasteiger partial charge in [0.15, 0.2) is 0 Å². The van der Waals surface area contributed by atoms with E-state index in [1.54, 1.807) is 6.33 Å². The quantitative estimate of drug-likeness (QED) is 0.783. The number of nitriles is 1. The van der Waals surface area contributed by atoms with Crippen LogP contribution in [0.1, 0.15) is 45.7 Å². The van der Waals surface area contributed by atoms with Crippen LogP contribution in [-0.4, -0.2) is 22.6 Å². The van der Waals surface area contributed by atoms with Crippen LogP contribution in [0.4, 0.5) is 5.82 Å². The summed E-state index contributed by atoms with van der Waals surface area (Å²) in [5.41, 5.74) is 1.04. The molecule has 0 fully saturated rings. The van der Waals surface area contributed by atoms with Crippen molar-refractivity contribution in [2.45, 2.75) is 46.1 Å². The molecule has 1 heterocycles. The molecule has 0 bridgehead atoms. The first-order valence-corrected chi connectivity index (χ1v) is 6.01. The summed E-state index contributed by atoms with van der Waals surface area (Å²) >= 11 is 0. The minimum atomic E-state index is 0.332. The third-order valence-corrected chi connectivity index (χ3v) is 2.65. The number of aromatic nitrogens is 2. The van der Waals surface area contributed by atoms with E-state index in [2.05, 4.69) is 48.6 Å². The summed E-state index contributed by atoms with van der Waals surface area (Å²) in [5, 5.41) is 8.68. The van der Waals surface area contributed by atoms with Gasteiger partial charge in [-0.25, -0.2) is 9.97 Å². The second-order valence-corrected chi connectivity index (χ2v) is 4.65. The largest absolute Gasteiger partial charge is 0.353 e. The zero-order chi connectivity index (χ0) is 12.8. The molecular formula is C13H20N4. The summed E-state index contributed by atoms with van der Waals surface area (Å²) in [6, 6.07) is 4.52. The van der Waals surface area contributed by atoms with E-state index in [1.165, 1.54) is 0 Å². The molecule has 0 atom stereocenters. The van der Waals surface area contributed by atoms with Gasteiger partial charge in [-0.05, 0) is 19.8 Å². The van der Waals surface area contributed by atoms with Gasteiger partial charge < -0.3 is 4.90 Å². The minimum Gasteiger partial charge on any atom is -0.353 e. The maximum absolute atomic E-state index is 8.68. The fourth-order valence-corrected chi connectivity index (χ4v) is 1.64. The van der Waals surface area contributed by atoms with Crippen LogP contribution < -0.4 is 4.90 Å². The monoisotopic (exact) mass is 232 g/mol. The second kappa shape index (κ2) is 6.19. The Morgan fingerprint density at radius 1 is 1.29 bits per heavy atom. The van der Waals surface area contributed by atoms with Crippen LogP contribution in [0.25, 0.3) is 0 Å². The van der Waals surface area contributed by atoms with E-state index in [9.17, 15) is 0 Å². The van der Waals surface area contributed by atoms with Crippen molar-refractivity contribution in [3.8, 4) is 6.07 Å². The lowest BCUT2D eigenvalue weighted by Crippen LogP contribution is -2.32. The molecule has 92 valence electrons. The van der Waals surface area contributed by atoms with Gasteiger partial charge in [0.1, 0.15) is 12.1 Å². The van der Waals surface area contributed by atoms with Crippen LogP contribution in [0, 0.1) is 11.3 Å². The van der Waals surface area contributed by atoms with Gasteiger partial charge in [0.2, 0.25) is 0 Å². The fraction of sp³-hybridized carbons (Fsp3) is 0.615. The number of rotatable bonds is 5. The maximum atomic E-state index is 8.68. The molecule has 0 aliphatic heterocycles. The Morgan fingerprint density at radius 2 is 2.00 bits per heavy atom. The molecule has 0 spiro atoms. The topological polar surface area (TPSA) is 52.8 Å². The molecule has 1 aromatic heterocycles. The molecule has 0 N–H and O–H groups in total. The summed E-state index contributed by atoms with van der Waals surface area (Å²) in [5.74, 6) is 1.30.